The van der Waals surface area contributed by atoms with E-state index in [1.165, 1.54) is 0 Å². The molecule has 0 atom stereocenters. The van der Waals surface area contributed by atoms with Gasteiger partial charge in [0.2, 0.25) is 0 Å². The molecule has 0 spiro atoms. The van der Waals surface area contributed by atoms with E-state index in [0.717, 1.165) is 18.2 Å². The average molecular weight is 726 g/mol. The fraction of sp³-hybridized carbons (Fsp3) is 0. The Hall–Kier alpha value is -6.53. The van der Waals surface area contributed by atoms with Crippen molar-refractivity contribution in [3.8, 4) is 0 Å². The van der Waals surface area contributed by atoms with Crippen molar-refractivity contribution < 1.29 is 46.8 Å². The van der Waals surface area contributed by atoms with Gasteiger partial charge in [0, 0.05) is 16.7 Å². The summed E-state index contributed by atoms with van der Waals surface area (Å²) in [6.07, 6.45) is 3.39. The average Bonchev–Trinajstić information content (AvgIpc) is 3.20. The van der Waals surface area contributed by atoms with E-state index in [2.05, 4.69) is 0 Å². The molecule has 1 radical (unpaired) electrons. The van der Waals surface area contributed by atoms with E-state index in [4.69, 9.17) is 0 Å². The van der Waals surface area contributed by atoms with Crippen LogP contribution in [0.3, 0.4) is 0 Å². The number of carbonyl (C=O) groups is 3. The molecule has 0 aliphatic carbocycles. The minimum atomic E-state index is -0.264. The summed E-state index contributed by atoms with van der Waals surface area (Å²) in [6.45, 7) is 0. The van der Waals surface area contributed by atoms with Crippen molar-refractivity contribution in [2.45, 2.75) is 0 Å². The van der Waals surface area contributed by atoms with E-state index >= 15 is 0 Å². The van der Waals surface area contributed by atoms with Crippen LogP contribution in [0.2, 0.25) is 0 Å². The molecule has 0 N–H and O–H groups in total. The summed E-state index contributed by atoms with van der Waals surface area (Å²) in [6, 6.07) is 52.5. The standard InChI is InChI=1S/3C15H12O2.Fe/c3*16-14(12-7-3-1-4-8-12)11-15(17)13-9-5-2-6-10-13;/h3*1-11,16H;/q;;;+3/p-3/b14-11+;2*14-11-;. The quantitative estimate of drug-likeness (QED) is 0.0700. The van der Waals surface area contributed by atoms with Gasteiger partial charge in [0.15, 0.2) is 17.3 Å². The van der Waals surface area contributed by atoms with E-state index in [1.807, 2.05) is 36.4 Å². The molecule has 6 aromatic rings. The predicted octanol–water partition coefficient (Wildman–Crippen LogP) is 6.81. The van der Waals surface area contributed by atoms with Crippen LogP contribution in [0, 0.1) is 0 Å². The van der Waals surface area contributed by atoms with Gasteiger partial charge in [-0.3, -0.25) is 14.4 Å². The van der Waals surface area contributed by atoms with Crippen LogP contribution in [-0.4, -0.2) is 17.3 Å². The largest absolute Gasteiger partial charge is 3.00 e. The zero-order valence-corrected chi connectivity index (χ0v) is 29.0. The summed E-state index contributed by atoms with van der Waals surface area (Å²) < 4.78 is 0. The third-order valence-electron chi connectivity index (χ3n) is 7.14. The second kappa shape index (κ2) is 21.5. The number of rotatable bonds is 9. The molecule has 52 heavy (non-hydrogen) atoms. The van der Waals surface area contributed by atoms with Crippen LogP contribution in [0.1, 0.15) is 47.8 Å². The molecule has 0 heterocycles. The third kappa shape index (κ3) is 13.1. The SMILES string of the molecule is O=C(/C=C(/[O-])c1ccccc1)c1ccccc1.O=C(/C=C(\[O-])c1ccccc1)c1ccccc1.O=C(/C=C(\[O-])c1ccccc1)c1ccccc1.[Fe+3]. The molecule has 6 aromatic carbocycles. The van der Waals surface area contributed by atoms with Gasteiger partial charge >= 0.3 is 17.1 Å². The van der Waals surface area contributed by atoms with Crippen LogP contribution in [0.5, 0.6) is 0 Å². The van der Waals surface area contributed by atoms with Gasteiger partial charge in [-0.15, -0.1) is 0 Å². The van der Waals surface area contributed by atoms with Gasteiger partial charge in [-0.1, -0.05) is 199 Å². The second-order valence-corrected chi connectivity index (χ2v) is 10.8. The Labute approximate surface area is 313 Å². The first-order valence-corrected chi connectivity index (χ1v) is 15.9. The molecule has 0 aromatic heterocycles. The molecular formula is C45H33FeO6. The first-order chi connectivity index (χ1) is 24.8. The minimum Gasteiger partial charge on any atom is -0.872 e. The van der Waals surface area contributed by atoms with E-state index in [0.29, 0.717) is 33.4 Å². The van der Waals surface area contributed by atoms with Gasteiger partial charge in [0.1, 0.15) is 0 Å². The third-order valence-corrected chi connectivity index (χ3v) is 7.14. The maximum absolute atomic E-state index is 11.8. The first kappa shape index (κ1) is 39.9. The normalized spacial score (nSPS) is 11.0. The molecule has 0 fully saturated rings. The predicted molar refractivity (Wildman–Crippen MR) is 196 cm³/mol. The number of carbonyl (C=O) groups excluding carboxylic acids is 3. The van der Waals surface area contributed by atoms with Crippen molar-refractivity contribution in [1.82, 2.24) is 0 Å². The molecule has 0 amide bonds. The number of allylic oxidation sites excluding steroid dienone is 3. The van der Waals surface area contributed by atoms with Crippen LogP contribution >= 0.6 is 0 Å². The van der Waals surface area contributed by atoms with Crippen molar-refractivity contribution >= 4 is 34.6 Å². The maximum Gasteiger partial charge on any atom is 3.00 e. The summed E-state index contributed by atoms with van der Waals surface area (Å²) in [5.41, 5.74) is 3.15. The van der Waals surface area contributed by atoms with E-state index < -0.39 is 0 Å². The fourth-order valence-electron chi connectivity index (χ4n) is 4.47. The van der Waals surface area contributed by atoms with Crippen molar-refractivity contribution in [3.05, 3.63) is 234 Å². The molecule has 6 nitrogen and oxygen atoms in total. The molecule has 0 unspecified atom stereocenters. The minimum absolute atomic E-state index is 0. The van der Waals surface area contributed by atoms with Crippen molar-refractivity contribution in [1.29, 1.82) is 0 Å². The molecule has 257 valence electrons. The number of ketones is 3. The zero-order valence-electron chi connectivity index (χ0n) is 27.9. The topological polar surface area (TPSA) is 120 Å². The summed E-state index contributed by atoms with van der Waals surface area (Å²) in [5.74, 6) is -1.59. The van der Waals surface area contributed by atoms with E-state index in [1.54, 1.807) is 146 Å². The molecule has 7 heteroatoms. The van der Waals surface area contributed by atoms with Gasteiger partial charge in [-0.2, -0.15) is 0 Å². The van der Waals surface area contributed by atoms with Crippen molar-refractivity contribution in [3.63, 3.8) is 0 Å². The summed E-state index contributed by atoms with van der Waals surface area (Å²) >= 11 is 0. The Morgan fingerprint density at radius 3 is 0.615 bits per heavy atom. The van der Waals surface area contributed by atoms with Crippen molar-refractivity contribution in [2.24, 2.45) is 0 Å². The summed E-state index contributed by atoms with van der Waals surface area (Å²) in [5, 5.41) is 35.3. The first-order valence-electron chi connectivity index (χ1n) is 15.9. The van der Waals surface area contributed by atoms with E-state index in [-0.39, 0.29) is 51.7 Å². The fourth-order valence-corrected chi connectivity index (χ4v) is 4.47. The van der Waals surface area contributed by atoms with Crippen LogP contribution in [0.15, 0.2) is 200 Å². The van der Waals surface area contributed by atoms with Gasteiger partial charge in [-0.25, -0.2) is 0 Å². The number of hydrogen-bond acceptors (Lipinski definition) is 6. The van der Waals surface area contributed by atoms with Crippen LogP contribution < -0.4 is 15.3 Å². The monoisotopic (exact) mass is 725 g/mol. The maximum atomic E-state index is 11.8. The molecule has 0 saturated carbocycles. The van der Waals surface area contributed by atoms with Gasteiger partial charge in [0.05, 0.1) is 0 Å². The van der Waals surface area contributed by atoms with Gasteiger partial charge in [-0.05, 0) is 34.9 Å². The Morgan fingerprint density at radius 2 is 0.442 bits per heavy atom. The molecule has 0 aliphatic rings. The van der Waals surface area contributed by atoms with Crippen LogP contribution in [-0.2, 0) is 17.1 Å². The molecule has 0 aliphatic heterocycles. The van der Waals surface area contributed by atoms with Gasteiger partial charge < -0.3 is 15.3 Å². The van der Waals surface area contributed by atoms with Crippen LogP contribution in [0.25, 0.3) is 17.3 Å². The molecule has 0 bridgehead atoms. The number of hydrogen-bond donors (Lipinski definition) is 0. The molecule has 6 rings (SSSR count). The Kier molecular flexibility index (Phi) is 16.5. The van der Waals surface area contributed by atoms with E-state index in [9.17, 15) is 29.7 Å². The summed E-state index contributed by atoms with van der Waals surface area (Å²) in [7, 11) is 0. The number of benzene rings is 6. The smallest absolute Gasteiger partial charge is 0.872 e. The molecule has 0 saturated heterocycles. The van der Waals surface area contributed by atoms with Crippen LogP contribution in [0.4, 0.5) is 0 Å². The second-order valence-electron chi connectivity index (χ2n) is 10.8. The van der Waals surface area contributed by atoms with Gasteiger partial charge in [0.25, 0.3) is 0 Å². The Morgan fingerprint density at radius 1 is 0.288 bits per heavy atom. The van der Waals surface area contributed by atoms with Crippen molar-refractivity contribution in [2.75, 3.05) is 0 Å². The molecular weight excluding hydrogens is 692 g/mol. The Balaban J connectivity index is 0.000000208. The summed E-state index contributed by atoms with van der Waals surface area (Å²) in [4.78, 5) is 35.3. The Bertz CT molecular complexity index is 1830. The zero-order chi connectivity index (χ0) is 36.3.